The zero-order valence-electron chi connectivity index (χ0n) is 25.2. The molecule has 47 heavy (non-hydrogen) atoms. The Morgan fingerprint density at radius 3 is 2.55 bits per heavy atom. The maximum atomic E-state index is 14.7. The number of carbonyl (C=O) groups excluding carboxylic acids is 1. The van der Waals surface area contributed by atoms with Crippen molar-refractivity contribution in [3.8, 4) is 33.8 Å². The quantitative estimate of drug-likeness (QED) is 0.171. The lowest BCUT2D eigenvalue weighted by Gasteiger charge is -2.07. The molecule has 0 aliphatic rings. The van der Waals surface area contributed by atoms with Gasteiger partial charge in [0.1, 0.15) is 21.3 Å². The maximum Gasteiger partial charge on any atom is 0.228 e. The van der Waals surface area contributed by atoms with E-state index >= 15 is 0 Å². The number of aryl methyl sites for hydroxylation is 1. The van der Waals surface area contributed by atoms with Gasteiger partial charge in [-0.15, -0.1) is 0 Å². The summed E-state index contributed by atoms with van der Waals surface area (Å²) < 4.78 is 38.1. The fraction of sp³-hybridized carbons (Fsp3) is 0.114. The van der Waals surface area contributed by atoms with Crippen molar-refractivity contribution >= 4 is 43.5 Å². The monoisotopic (exact) mass is 645 g/mol. The lowest BCUT2D eigenvalue weighted by Crippen LogP contribution is -2.14. The lowest BCUT2D eigenvalue weighted by atomic mass is 10.0. The van der Waals surface area contributed by atoms with Crippen LogP contribution in [0.25, 0.3) is 55.8 Å². The summed E-state index contributed by atoms with van der Waals surface area (Å²) in [6.45, 7) is 0. The van der Waals surface area contributed by atoms with Gasteiger partial charge in [-0.25, -0.2) is 22.8 Å². The number of sulfone groups is 1. The van der Waals surface area contributed by atoms with Gasteiger partial charge in [-0.05, 0) is 53.4 Å². The number of imidazole rings is 1. The van der Waals surface area contributed by atoms with Crippen LogP contribution in [0.5, 0.6) is 0 Å². The van der Waals surface area contributed by atoms with E-state index in [9.17, 15) is 17.6 Å². The average Bonchev–Trinajstić information content (AvgIpc) is 3.68. The maximum absolute atomic E-state index is 14.7. The zero-order chi connectivity index (χ0) is 32.5. The second kappa shape index (κ2) is 12.2. The van der Waals surface area contributed by atoms with Crippen molar-refractivity contribution in [1.29, 1.82) is 0 Å². The van der Waals surface area contributed by atoms with E-state index in [1.54, 1.807) is 24.7 Å². The number of aromatic amines is 2. The van der Waals surface area contributed by atoms with Gasteiger partial charge in [0.15, 0.2) is 11.5 Å². The average molecular weight is 646 g/mol. The third-order valence-electron chi connectivity index (χ3n) is 7.75. The van der Waals surface area contributed by atoms with Crippen LogP contribution in [0.15, 0.2) is 97.5 Å². The van der Waals surface area contributed by atoms with Crippen molar-refractivity contribution < 1.29 is 17.6 Å². The SMILES string of the molecule is CS(=O)(=O)CCc1cc(F)cc(-c2cccc3[nH]c(-c4[nH]nc5ncc(-c6cncc(NC(=O)Cc7ccccc7)c6)cc45)nc23)c1. The van der Waals surface area contributed by atoms with Crippen LogP contribution in [0, 0.1) is 5.82 Å². The summed E-state index contributed by atoms with van der Waals surface area (Å²) in [5.74, 6) is -0.152. The third kappa shape index (κ3) is 6.63. The van der Waals surface area contributed by atoms with E-state index in [1.807, 2.05) is 60.7 Å². The van der Waals surface area contributed by atoms with Crippen molar-refractivity contribution in [3.63, 3.8) is 0 Å². The molecular weight excluding hydrogens is 617 g/mol. The van der Waals surface area contributed by atoms with Gasteiger partial charge in [-0.3, -0.25) is 14.9 Å². The van der Waals surface area contributed by atoms with E-state index in [1.165, 1.54) is 18.4 Å². The standard InChI is InChI=1S/C35H28FN7O3S/c1-47(45,46)11-10-22-12-23(15-26(36)13-22)28-8-5-9-30-32(28)41-35(40-30)33-29-17-25(19-38-34(29)43-42-33)24-16-27(20-37-18-24)39-31(44)14-21-6-3-2-4-7-21/h2-9,12-13,15-20H,10-11,14H2,1H3,(H,39,44)(H,40,41)(H,38,42,43). The van der Waals surface area contributed by atoms with Gasteiger partial charge in [0.2, 0.25) is 5.91 Å². The third-order valence-corrected chi connectivity index (χ3v) is 8.70. The number of halogens is 1. The molecule has 0 atom stereocenters. The highest BCUT2D eigenvalue weighted by molar-refractivity contribution is 7.90. The molecular formula is C35H28FN7O3S. The van der Waals surface area contributed by atoms with Gasteiger partial charge in [-0.1, -0.05) is 48.5 Å². The van der Waals surface area contributed by atoms with Crippen LogP contribution in [-0.2, 0) is 27.5 Å². The minimum atomic E-state index is -3.20. The normalized spacial score (nSPS) is 11.7. The molecule has 10 nitrogen and oxygen atoms in total. The van der Waals surface area contributed by atoms with Crippen molar-refractivity contribution in [2.75, 3.05) is 17.3 Å². The molecule has 1 amide bonds. The highest BCUT2D eigenvalue weighted by Gasteiger charge is 2.17. The van der Waals surface area contributed by atoms with E-state index in [4.69, 9.17) is 4.98 Å². The van der Waals surface area contributed by atoms with Crippen molar-refractivity contribution in [1.82, 2.24) is 30.1 Å². The molecule has 3 N–H and O–H groups in total. The van der Waals surface area contributed by atoms with Gasteiger partial charge in [0.05, 0.1) is 40.5 Å². The zero-order valence-corrected chi connectivity index (χ0v) is 26.0. The Labute approximate surface area is 269 Å². The molecule has 0 fully saturated rings. The second-order valence-electron chi connectivity index (χ2n) is 11.4. The minimum Gasteiger partial charge on any atom is -0.337 e. The first-order chi connectivity index (χ1) is 22.7. The number of H-pyrrole nitrogens is 2. The summed E-state index contributed by atoms with van der Waals surface area (Å²) in [7, 11) is -3.20. The summed E-state index contributed by atoms with van der Waals surface area (Å²) in [6.07, 6.45) is 6.62. The minimum absolute atomic E-state index is 0.0706. The molecule has 0 aliphatic carbocycles. The highest BCUT2D eigenvalue weighted by Crippen LogP contribution is 2.33. The number of amides is 1. The number of benzene rings is 3. The Morgan fingerprint density at radius 1 is 0.894 bits per heavy atom. The number of nitrogens with zero attached hydrogens (tertiary/aromatic N) is 4. The summed E-state index contributed by atoms with van der Waals surface area (Å²) in [5, 5.41) is 11.1. The largest absolute Gasteiger partial charge is 0.337 e. The van der Waals surface area contributed by atoms with Crippen molar-refractivity contribution in [3.05, 3.63) is 114 Å². The molecule has 12 heteroatoms. The van der Waals surface area contributed by atoms with Crippen LogP contribution < -0.4 is 5.32 Å². The molecule has 0 aliphatic heterocycles. The van der Waals surface area contributed by atoms with E-state index in [2.05, 4.69) is 30.5 Å². The summed E-state index contributed by atoms with van der Waals surface area (Å²) in [4.78, 5) is 29.7. The van der Waals surface area contributed by atoms with Crippen LogP contribution in [0.1, 0.15) is 11.1 Å². The van der Waals surface area contributed by atoms with Gasteiger partial charge < -0.3 is 10.3 Å². The van der Waals surface area contributed by atoms with Crippen molar-refractivity contribution in [2.45, 2.75) is 12.8 Å². The van der Waals surface area contributed by atoms with Gasteiger partial charge >= 0.3 is 0 Å². The first-order valence-corrected chi connectivity index (χ1v) is 16.8. The van der Waals surface area contributed by atoms with Crippen LogP contribution in [-0.4, -0.2) is 56.5 Å². The number of pyridine rings is 2. The summed E-state index contributed by atoms with van der Waals surface area (Å²) in [5.41, 5.74) is 7.35. The van der Waals surface area contributed by atoms with Crippen LogP contribution in [0.2, 0.25) is 0 Å². The molecule has 0 unspecified atom stereocenters. The molecule has 7 aromatic rings. The Kier molecular flexibility index (Phi) is 7.78. The molecule has 7 rings (SSSR count). The molecule has 0 saturated carbocycles. The predicted molar refractivity (Wildman–Crippen MR) is 180 cm³/mol. The fourth-order valence-electron chi connectivity index (χ4n) is 5.53. The van der Waals surface area contributed by atoms with Crippen LogP contribution in [0.4, 0.5) is 10.1 Å². The number of carbonyl (C=O) groups is 1. The smallest absolute Gasteiger partial charge is 0.228 e. The Morgan fingerprint density at radius 2 is 1.72 bits per heavy atom. The summed E-state index contributed by atoms with van der Waals surface area (Å²) >= 11 is 0. The van der Waals surface area contributed by atoms with Gasteiger partial charge in [0, 0.05) is 35.3 Å². The van der Waals surface area contributed by atoms with Gasteiger partial charge in [0.25, 0.3) is 0 Å². The molecule has 0 spiro atoms. The highest BCUT2D eigenvalue weighted by atomic mass is 32.2. The molecule has 0 saturated heterocycles. The predicted octanol–water partition coefficient (Wildman–Crippen LogP) is 6.14. The van der Waals surface area contributed by atoms with Gasteiger partial charge in [-0.2, -0.15) is 5.10 Å². The molecule has 4 heterocycles. The van der Waals surface area contributed by atoms with Crippen LogP contribution >= 0.6 is 0 Å². The number of para-hydroxylation sites is 1. The molecule has 4 aromatic heterocycles. The van der Waals surface area contributed by atoms with Crippen molar-refractivity contribution in [2.24, 2.45) is 0 Å². The topological polar surface area (TPSA) is 146 Å². The Bertz CT molecular complexity index is 2390. The van der Waals surface area contributed by atoms with E-state index < -0.39 is 15.7 Å². The summed E-state index contributed by atoms with van der Waals surface area (Å²) in [6, 6.07) is 23.4. The number of aromatic nitrogens is 6. The Hall–Kier alpha value is -5.75. The van der Waals surface area contributed by atoms with E-state index in [0.29, 0.717) is 45.1 Å². The molecule has 0 bridgehead atoms. The Balaban J connectivity index is 1.20. The number of anilines is 1. The fourth-order valence-corrected chi connectivity index (χ4v) is 6.13. The van der Waals surface area contributed by atoms with Crippen LogP contribution in [0.3, 0.4) is 0 Å². The first-order valence-electron chi connectivity index (χ1n) is 14.8. The van der Waals surface area contributed by atoms with E-state index in [0.717, 1.165) is 27.6 Å². The molecule has 3 aromatic carbocycles. The number of hydrogen-bond acceptors (Lipinski definition) is 7. The lowest BCUT2D eigenvalue weighted by molar-refractivity contribution is -0.115. The molecule has 0 radical (unpaired) electrons. The first kappa shape index (κ1) is 29.9. The number of fused-ring (bicyclic) bond motifs is 2. The number of nitrogens with one attached hydrogen (secondary N) is 3. The van der Waals surface area contributed by atoms with E-state index in [-0.39, 0.29) is 24.5 Å². The number of hydrogen-bond donors (Lipinski definition) is 3. The number of rotatable bonds is 9. The second-order valence-corrected chi connectivity index (χ2v) is 13.6. The molecule has 234 valence electrons.